The van der Waals surface area contributed by atoms with E-state index in [0.29, 0.717) is 0 Å². The van der Waals surface area contributed by atoms with Crippen LogP contribution in [-0.2, 0) is 0 Å². The molecule has 0 amide bonds. The normalized spacial score (nSPS) is 8.77. The lowest BCUT2D eigenvalue weighted by molar-refractivity contribution is 1.09. The van der Waals surface area contributed by atoms with Crippen molar-refractivity contribution in [2.24, 2.45) is 0 Å². The lowest BCUT2D eigenvalue weighted by Crippen LogP contribution is -1.77. The van der Waals surface area contributed by atoms with Gasteiger partial charge >= 0.3 is 0 Å². The number of hydrogen-bond acceptors (Lipinski definition) is 2. The highest BCUT2D eigenvalue weighted by Gasteiger charge is 1.94. The number of nitrogens with zero attached hydrogens (tertiary/aromatic N) is 2. The Morgan fingerprint density at radius 2 is 2.00 bits per heavy atom. The molecule has 2 rings (SSSR count). The van der Waals surface area contributed by atoms with Gasteiger partial charge in [0.2, 0.25) is 0 Å². The Kier molecular flexibility index (Phi) is 3.70. The van der Waals surface area contributed by atoms with E-state index in [0.717, 1.165) is 11.3 Å². The van der Waals surface area contributed by atoms with Crippen LogP contribution in [0, 0.1) is 0 Å². The molecular weight excluding hydrogens is 162 g/mol. The fraction of sp³-hybridized carbons (Fsp3) is 0.200. The Balaban J connectivity index is 0.000000396. The number of pyridine rings is 1. The fourth-order valence-corrected chi connectivity index (χ4v) is 0.939. The number of aromatic amines is 1. The summed E-state index contributed by atoms with van der Waals surface area (Å²) in [6.07, 6.45) is 5.27. The molecule has 3 heteroatoms. The van der Waals surface area contributed by atoms with Gasteiger partial charge in [-0.15, -0.1) is 0 Å². The van der Waals surface area contributed by atoms with Crippen LogP contribution >= 0.6 is 0 Å². The Labute approximate surface area is 77.8 Å². The first-order valence-corrected chi connectivity index (χ1v) is 4.36. The van der Waals surface area contributed by atoms with Gasteiger partial charge in [0.25, 0.3) is 0 Å². The van der Waals surface area contributed by atoms with Crippen molar-refractivity contribution in [3.8, 4) is 11.3 Å². The second-order valence-electron chi connectivity index (χ2n) is 2.21. The fourth-order valence-electron chi connectivity index (χ4n) is 0.939. The molecule has 0 saturated carbocycles. The Morgan fingerprint density at radius 1 is 1.15 bits per heavy atom. The van der Waals surface area contributed by atoms with Crippen molar-refractivity contribution in [2.75, 3.05) is 0 Å². The van der Waals surface area contributed by atoms with Gasteiger partial charge in [-0.1, -0.05) is 13.8 Å². The predicted octanol–water partition coefficient (Wildman–Crippen LogP) is 2.50. The van der Waals surface area contributed by atoms with Crippen molar-refractivity contribution in [3.63, 3.8) is 0 Å². The van der Waals surface area contributed by atoms with E-state index >= 15 is 0 Å². The third-order valence-electron chi connectivity index (χ3n) is 1.47. The maximum absolute atomic E-state index is 3.99. The zero-order valence-electron chi connectivity index (χ0n) is 7.86. The summed E-state index contributed by atoms with van der Waals surface area (Å²) in [4.78, 5) is 3.99. The van der Waals surface area contributed by atoms with Gasteiger partial charge in [-0.05, 0) is 18.2 Å². The van der Waals surface area contributed by atoms with E-state index in [-0.39, 0.29) is 0 Å². The van der Waals surface area contributed by atoms with Crippen LogP contribution in [0.2, 0.25) is 0 Å². The maximum Gasteiger partial charge on any atom is 0.0665 e. The largest absolute Gasteiger partial charge is 0.278 e. The van der Waals surface area contributed by atoms with Crippen molar-refractivity contribution in [2.45, 2.75) is 13.8 Å². The monoisotopic (exact) mass is 175 g/mol. The van der Waals surface area contributed by atoms with Crippen molar-refractivity contribution in [3.05, 3.63) is 36.8 Å². The number of hydrogen-bond donors (Lipinski definition) is 1. The van der Waals surface area contributed by atoms with Crippen molar-refractivity contribution < 1.29 is 0 Å². The van der Waals surface area contributed by atoms with E-state index in [1.807, 2.05) is 32.0 Å². The molecule has 0 aliphatic carbocycles. The van der Waals surface area contributed by atoms with E-state index in [2.05, 4.69) is 15.2 Å². The van der Waals surface area contributed by atoms with Gasteiger partial charge in [0.05, 0.1) is 5.69 Å². The van der Waals surface area contributed by atoms with Crippen molar-refractivity contribution >= 4 is 0 Å². The lowest BCUT2D eigenvalue weighted by Gasteiger charge is -1.92. The number of aromatic nitrogens is 3. The molecule has 0 aromatic carbocycles. The third-order valence-corrected chi connectivity index (χ3v) is 1.47. The van der Waals surface area contributed by atoms with Gasteiger partial charge in [-0.25, -0.2) is 0 Å². The molecule has 0 radical (unpaired) electrons. The first-order chi connectivity index (χ1) is 6.47. The highest BCUT2D eigenvalue weighted by molar-refractivity contribution is 5.56. The predicted molar refractivity (Wildman–Crippen MR) is 53.2 cm³/mol. The van der Waals surface area contributed by atoms with Crippen LogP contribution in [0.5, 0.6) is 0 Å². The maximum atomic E-state index is 3.99. The first kappa shape index (κ1) is 9.45. The summed E-state index contributed by atoms with van der Waals surface area (Å²) in [6.45, 7) is 4.00. The van der Waals surface area contributed by atoms with Gasteiger partial charge < -0.3 is 0 Å². The first-order valence-electron chi connectivity index (χ1n) is 4.36. The molecule has 0 fully saturated rings. The van der Waals surface area contributed by atoms with Crippen LogP contribution < -0.4 is 0 Å². The Morgan fingerprint density at radius 3 is 2.54 bits per heavy atom. The zero-order valence-corrected chi connectivity index (χ0v) is 7.86. The molecule has 0 bridgehead atoms. The second kappa shape index (κ2) is 5.09. The molecule has 1 N–H and O–H groups in total. The molecule has 0 atom stereocenters. The molecule has 13 heavy (non-hydrogen) atoms. The number of rotatable bonds is 1. The standard InChI is InChI=1S/C8H7N3.C2H6/c1-2-7(6-9-4-1)8-3-5-10-11-8;1-2/h1-6H,(H,10,11);1-2H3. The smallest absolute Gasteiger partial charge is 0.0665 e. The van der Waals surface area contributed by atoms with Crippen LogP contribution in [0.25, 0.3) is 11.3 Å². The molecule has 2 aromatic rings. The van der Waals surface area contributed by atoms with E-state index < -0.39 is 0 Å². The lowest BCUT2D eigenvalue weighted by atomic mass is 10.2. The minimum atomic E-state index is 0.998. The van der Waals surface area contributed by atoms with Crippen LogP contribution in [0.3, 0.4) is 0 Å². The van der Waals surface area contributed by atoms with E-state index in [1.165, 1.54) is 0 Å². The van der Waals surface area contributed by atoms with E-state index in [4.69, 9.17) is 0 Å². The van der Waals surface area contributed by atoms with Crippen molar-refractivity contribution in [1.29, 1.82) is 0 Å². The summed E-state index contributed by atoms with van der Waals surface area (Å²) >= 11 is 0. The number of H-pyrrole nitrogens is 1. The van der Waals surface area contributed by atoms with Gasteiger partial charge in [0, 0.05) is 24.2 Å². The SMILES string of the molecule is CC.c1cncc(-c2ccn[nH]2)c1. The topological polar surface area (TPSA) is 41.6 Å². The average molecular weight is 175 g/mol. The van der Waals surface area contributed by atoms with Gasteiger partial charge in [0.15, 0.2) is 0 Å². The quantitative estimate of drug-likeness (QED) is 0.723. The van der Waals surface area contributed by atoms with Crippen LogP contribution in [-0.4, -0.2) is 15.2 Å². The van der Waals surface area contributed by atoms with E-state index in [9.17, 15) is 0 Å². The van der Waals surface area contributed by atoms with Crippen LogP contribution in [0.15, 0.2) is 36.8 Å². The minimum absolute atomic E-state index is 0.998. The molecule has 3 nitrogen and oxygen atoms in total. The molecule has 2 heterocycles. The van der Waals surface area contributed by atoms with Crippen LogP contribution in [0.4, 0.5) is 0 Å². The summed E-state index contributed by atoms with van der Waals surface area (Å²) in [6, 6.07) is 5.80. The highest BCUT2D eigenvalue weighted by atomic mass is 15.1. The molecule has 0 aliphatic heterocycles. The summed E-state index contributed by atoms with van der Waals surface area (Å²) in [7, 11) is 0. The Hall–Kier alpha value is -1.64. The molecule has 0 saturated heterocycles. The average Bonchev–Trinajstić information content (AvgIpc) is 2.75. The molecule has 0 spiro atoms. The van der Waals surface area contributed by atoms with Crippen LogP contribution in [0.1, 0.15) is 13.8 Å². The van der Waals surface area contributed by atoms with Gasteiger partial charge in [-0.3, -0.25) is 10.1 Å². The summed E-state index contributed by atoms with van der Waals surface area (Å²) in [5.74, 6) is 0. The summed E-state index contributed by atoms with van der Waals surface area (Å²) < 4.78 is 0. The van der Waals surface area contributed by atoms with Gasteiger partial charge in [0.1, 0.15) is 0 Å². The molecular formula is C10H13N3. The Bertz CT molecular complexity index is 313. The summed E-state index contributed by atoms with van der Waals surface area (Å²) in [5, 5.41) is 6.71. The minimum Gasteiger partial charge on any atom is -0.278 e. The van der Waals surface area contributed by atoms with Crippen molar-refractivity contribution in [1.82, 2.24) is 15.2 Å². The number of nitrogens with one attached hydrogen (secondary N) is 1. The molecule has 68 valence electrons. The summed E-state index contributed by atoms with van der Waals surface area (Å²) in [5.41, 5.74) is 2.06. The molecule has 0 aliphatic rings. The third kappa shape index (κ3) is 2.40. The van der Waals surface area contributed by atoms with E-state index in [1.54, 1.807) is 18.6 Å². The molecule has 0 unspecified atom stereocenters. The second-order valence-corrected chi connectivity index (χ2v) is 2.21. The zero-order chi connectivity index (χ0) is 9.52. The highest BCUT2D eigenvalue weighted by Crippen LogP contribution is 2.12. The molecule has 2 aromatic heterocycles. The van der Waals surface area contributed by atoms with Gasteiger partial charge in [-0.2, -0.15) is 5.10 Å².